The van der Waals surface area contributed by atoms with E-state index in [9.17, 15) is 19.5 Å². The van der Waals surface area contributed by atoms with E-state index in [4.69, 9.17) is 9.47 Å². The summed E-state index contributed by atoms with van der Waals surface area (Å²) in [6.07, 6.45) is -0.150. The first-order valence-electron chi connectivity index (χ1n) is 12.5. The van der Waals surface area contributed by atoms with Gasteiger partial charge in [-0.05, 0) is 70.4 Å². The highest BCUT2D eigenvalue weighted by Gasteiger charge is 2.42. The maximum absolute atomic E-state index is 14.2. The normalized spacial score (nSPS) is 16.4. The fourth-order valence-electron chi connectivity index (χ4n) is 4.23. The summed E-state index contributed by atoms with van der Waals surface area (Å²) in [4.78, 5) is 43.3. The standard InChI is InChI=1S/C29H38N2O6/c1-28(2,3)36-26(34)24-17-20-10-8-9-11-21(20)18-31(24)25(33)23(16-19-12-14-22(32)15-13-19)30(7)27(35)37-29(4,5)6/h8-15,23-24,32H,16-18H2,1-7H3/t23-,24?/m0/s1. The third kappa shape index (κ3) is 7.47. The molecule has 0 aromatic heterocycles. The van der Waals surface area contributed by atoms with E-state index in [1.54, 1.807) is 53.7 Å². The number of carbonyl (C=O) groups excluding carboxylic acids is 3. The summed E-state index contributed by atoms with van der Waals surface area (Å²) in [6.45, 7) is 10.9. The Morgan fingerprint density at radius 3 is 2.08 bits per heavy atom. The molecule has 1 unspecified atom stereocenters. The van der Waals surface area contributed by atoms with Crippen LogP contribution in [0.4, 0.5) is 4.79 Å². The summed E-state index contributed by atoms with van der Waals surface area (Å²) in [5, 5.41) is 9.70. The van der Waals surface area contributed by atoms with Crippen molar-refractivity contribution in [2.45, 2.75) is 84.2 Å². The number of nitrogens with zero attached hydrogens (tertiary/aromatic N) is 2. The number of esters is 1. The van der Waals surface area contributed by atoms with Crippen LogP contribution in [-0.4, -0.2) is 63.2 Å². The Bertz CT molecular complexity index is 1130. The second-order valence-corrected chi connectivity index (χ2v) is 11.5. The number of rotatable bonds is 5. The molecule has 8 heteroatoms. The molecule has 0 aliphatic carbocycles. The third-order valence-corrected chi connectivity index (χ3v) is 6.01. The van der Waals surface area contributed by atoms with Gasteiger partial charge in [0.1, 0.15) is 29.0 Å². The molecule has 2 atom stereocenters. The van der Waals surface area contributed by atoms with E-state index in [1.165, 1.54) is 29.0 Å². The average Bonchev–Trinajstić information content (AvgIpc) is 2.79. The van der Waals surface area contributed by atoms with Crippen LogP contribution in [-0.2, 0) is 38.4 Å². The summed E-state index contributed by atoms with van der Waals surface area (Å²) in [5.41, 5.74) is 1.21. The number of carbonyl (C=O) groups is 3. The van der Waals surface area contributed by atoms with Gasteiger partial charge in [0, 0.05) is 26.4 Å². The number of fused-ring (bicyclic) bond motifs is 1. The molecule has 3 rings (SSSR count). The van der Waals surface area contributed by atoms with Crippen LogP contribution < -0.4 is 0 Å². The van der Waals surface area contributed by atoms with Crippen molar-refractivity contribution in [2.75, 3.05) is 7.05 Å². The quantitative estimate of drug-likeness (QED) is 0.597. The molecule has 1 N–H and O–H groups in total. The van der Waals surface area contributed by atoms with E-state index < -0.39 is 35.3 Å². The molecule has 0 bridgehead atoms. The minimum absolute atomic E-state index is 0.102. The zero-order chi connectivity index (χ0) is 27.5. The van der Waals surface area contributed by atoms with Crippen LogP contribution in [0.25, 0.3) is 0 Å². The molecular formula is C29H38N2O6. The lowest BCUT2D eigenvalue weighted by molar-refractivity contribution is -0.166. The number of hydrogen-bond donors (Lipinski definition) is 1. The Morgan fingerprint density at radius 2 is 1.51 bits per heavy atom. The Kier molecular flexibility index (Phi) is 8.20. The van der Waals surface area contributed by atoms with E-state index >= 15 is 0 Å². The van der Waals surface area contributed by atoms with Crippen LogP contribution in [0.1, 0.15) is 58.2 Å². The molecule has 1 aliphatic heterocycles. The summed E-state index contributed by atoms with van der Waals surface area (Å²) in [5.74, 6) is -0.768. The molecule has 1 heterocycles. The number of phenols is 1. The van der Waals surface area contributed by atoms with E-state index in [2.05, 4.69) is 0 Å². The fourth-order valence-corrected chi connectivity index (χ4v) is 4.23. The van der Waals surface area contributed by atoms with Gasteiger partial charge in [0.05, 0.1) is 0 Å². The highest BCUT2D eigenvalue weighted by molar-refractivity contribution is 5.90. The van der Waals surface area contributed by atoms with Crippen molar-refractivity contribution in [2.24, 2.45) is 0 Å². The molecule has 200 valence electrons. The number of aromatic hydroxyl groups is 1. The van der Waals surface area contributed by atoms with Gasteiger partial charge in [-0.25, -0.2) is 9.59 Å². The van der Waals surface area contributed by atoms with Crippen molar-refractivity contribution >= 4 is 18.0 Å². The minimum atomic E-state index is -0.949. The molecule has 0 saturated heterocycles. The fraction of sp³-hybridized carbons (Fsp3) is 0.483. The molecule has 2 aromatic carbocycles. The van der Waals surface area contributed by atoms with Crippen molar-refractivity contribution in [3.05, 3.63) is 65.2 Å². The predicted molar refractivity (Wildman–Crippen MR) is 140 cm³/mol. The maximum atomic E-state index is 14.2. The Balaban J connectivity index is 2.00. The molecule has 8 nitrogen and oxygen atoms in total. The Labute approximate surface area is 219 Å². The summed E-state index contributed by atoms with van der Waals surface area (Å²) in [6, 6.07) is 12.4. The molecule has 0 saturated carbocycles. The van der Waals surface area contributed by atoms with Crippen LogP contribution in [0.5, 0.6) is 5.75 Å². The first kappa shape index (κ1) is 28.0. The van der Waals surface area contributed by atoms with Gasteiger partial charge >= 0.3 is 12.1 Å². The molecule has 0 spiro atoms. The number of phenolic OH excluding ortho intramolecular Hbond substituents is 1. The first-order chi connectivity index (χ1) is 17.1. The lowest BCUT2D eigenvalue weighted by Gasteiger charge is -2.40. The molecular weight excluding hydrogens is 472 g/mol. The zero-order valence-electron chi connectivity index (χ0n) is 22.8. The van der Waals surface area contributed by atoms with Crippen molar-refractivity contribution < 1.29 is 29.0 Å². The van der Waals surface area contributed by atoms with E-state index in [1.807, 2.05) is 24.3 Å². The molecule has 2 amide bonds. The highest BCUT2D eigenvalue weighted by atomic mass is 16.6. The van der Waals surface area contributed by atoms with Gasteiger partial charge in [0.2, 0.25) is 5.91 Å². The van der Waals surface area contributed by atoms with Crippen molar-refractivity contribution in [1.29, 1.82) is 0 Å². The lowest BCUT2D eigenvalue weighted by atomic mass is 9.92. The largest absolute Gasteiger partial charge is 0.508 e. The van der Waals surface area contributed by atoms with Crippen LogP contribution in [0.15, 0.2) is 48.5 Å². The molecule has 0 radical (unpaired) electrons. The molecule has 0 fully saturated rings. The highest BCUT2D eigenvalue weighted by Crippen LogP contribution is 2.28. The number of hydrogen-bond acceptors (Lipinski definition) is 6. The third-order valence-electron chi connectivity index (χ3n) is 6.01. The maximum Gasteiger partial charge on any atom is 0.410 e. The summed E-state index contributed by atoms with van der Waals surface area (Å²) in [7, 11) is 1.53. The van der Waals surface area contributed by atoms with E-state index in [-0.39, 0.29) is 24.6 Å². The topological polar surface area (TPSA) is 96.4 Å². The van der Waals surface area contributed by atoms with Crippen LogP contribution in [0.3, 0.4) is 0 Å². The molecule has 1 aliphatic rings. The van der Waals surface area contributed by atoms with Crippen LogP contribution in [0, 0.1) is 0 Å². The van der Waals surface area contributed by atoms with Crippen molar-refractivity contribution in [3.63, 3.8) is 0 Å². The second-order valence-electron chi connectivity index (χ2n) is 11.5. The summed E-state index contributed by atoms with van der Waals surface area (Å²) < 4.78 is 11.2. The van der Waals surface area contributed by atoms with Crippen LogP contribution >= 0.6 is 0 Å². The average molecular weight is 511 g/mol. The SMILES string of the molecule is CN(C(=O)OC(C)(C)C)[C@@H](Cc1ccc(O)cc1)C(=O)N1Cc2ccccc2CC1C(=O)OC(C)(C)C. The van der Waals surface area contributed by atoms with Crippen molar-refractivity contribution in [3.8, 4) is 5.75 Å². The molecule has 2 aromatic rings. The van der Waals surface area contributed by atoms with Crippen molar-refractivity contribution in [1.82, 2.24) is 9.80 Å². The van der Waals surface area contributed by atoms with Gasteiger partial charge < -0.3 is 19.5 Å². The zero-order valence-corrected chi connectivity index (χ0v) is 22.8. The van der Waals surface area contributed by atoms with Gasteiger partial charge in [0.15, 0.2) is 0 Å². The lowest BCUT2D eigenvalue weighted by Crippen LogP contribution is -2.57. The number of amides is 2. The van der Waals surface area contributed by atoms with Gasteiger partial charge in [-0.15, -0.1) is 0 Å². The van der Waals surface area contributed by atoms with E-state index in [0.717, 1.165) is 16.7 Å². The van der Waals surface area contributed by atoms with Gasteiger partial charge in [-0.1, -0.05) is 36.4 Å². The Morgan fingerprint density at radius 1 is 0.946 bits per heavy atom. The van der Waals surface area contributed by atoms with Gasteiger partial charge in [0.25, 0.3) is 0 Å². The van der Waals surface area contributed by atoms with Gasteiger partial charge in [-0.2, -0.15) is 0 Å². The number of ether oxygens (including phenoxy) is 2. The van der Waals surface area contributed by atoms with E-state index in [0.29, 0.717) is 6.42 Å². The summed E-state index contributed by atoms with van der Waals surface area (Å²) >= 11 is 0. The number of likely N-dealkylation sites (N-methyl/N-ethyl adjacent to an activating group) is 1. The molecule has 37 heavy (non-hydrogen) atoms. The number of benzene rings is 2. The minimum Gasteiger partial charge on any atom is -0.508 e. The first-order valence-corrected chi connectivity index (χ1v) is 12.5. The smallest absolute Gasteiger partial charge is 0.410 e. The predicted octanol–water partition coefficient (Wildman–Crippen LogP) is 4.47. The van der Waals surface area contributed by atoms with Crippen LogP contribution in [0.2, 0.25) is 0 Å². The monoisotopic (exact) mass is 510 g/mol. The second kappa shape index (κ2) is 10.8. The van der Waals surface area contributed by atoms with Gasteiger partial charge in [-0.3, -0.25) is 9.69 Å². The Hall–Kier alpha value is -3.55.